The fourth-order valence-corrected chi connectivity index (χ4v) is 2.40. The summed E-state index contributed by atoms with van der Waals surface area (Å²) < 4.78 is 5.40. The zero-order valence-electron chi connectivity index (χ0n) is 12.5. The molecule has 112 valence electrons. The van der Waals surface area contributed by atoms with E-state index in [-0.39, 0.29) is 22.6 Å². The first kappa shape index (κ1) is 14.1. The van der Waals surface area contributed by atoms with Crippen LogP contribution in [0, 0.1) is 20.8 Å². The molecule has 0 saturated carbocycles. The molecule has 0 aliphatic heterocycles. The van der Waals surface area contributed by atoms with Crippen molar-refractivity contribution in [2.24, 2.45) is 0 Å². The van der Waals surface area contributed by atoms with Crippen LogP contribution in [-0.4, -0.2) is 15.9 Å². The van der Waals surface area contributed by atoms with Crippen molar-refractivity contribution in [2.45, 2.75) is 20.8 Å². The Morgan fingerprint density at radius 2 is 2.05 bits per heavy atom. The van der Waals surface area contributed by atoms with Gasteiger partial charge in [-0.2, -0.15) is 0 Å². The molecule has 0 aliphatic rings. The van der Waals surface area contributed by atoms with Crippen LogP contribution in [0.25, 0.3) is 11.1 Å². The van der Waals surface area contributed by atoms with Crippen LogP contribution in [0.1, 0.15) is 27.2 Å². The summed E-state index contributed by atoms with van der Waals surface area (Å²) in [7, 11) is 0. The zero-order valence-corrected chi connectivity index (χ0v) is 12.5. The van der Waals surface area contributed by atoms with Crippen molar-refractivity contribution in [2.75, 3.05) is 5.32 Å². The summed E-state index contributed by atoms with van der Waals surface area (Å²) in [6.07, 6.45) is 1.25. The summed E-state index contributed by atoms with van der Waals surface area (Å²) in [5.74, 6) is -0.0227. The Labute approximate surface area is 126 Å². The largest absolute Gasteiger partial charge is 0.442 e. The molecule has 0 radical (unpaired) electrons. The SMILES string of the molecule is Cc1cccc(NC(=O)c2c(C)oc3nc[nH]c(=O)c23)c1C. The lowest BCUT2D eigenvalue weighted by Gasteiger charge is -2.10. The third-order valence-electron chi connectivity index (χ3n) is 3.75. The Balaban J connectivity index is 2.08. The highest BCUT2D eigenvalue weighted by Gasteiger charge is 2.22. The predicted octanol–water partition coefficient (Wildman–Crippen LogP) is 2.69. The number of rotatable bonds is 2. The van der Waals surface area contributed by atoms with E-state index in [0.29, 0.717) is 11.4 Å². The number of aromatic nitrogens is 2. The molecular formula is C16H15N3O3. The van der Waals surface area contributed by atoms with Crippen LogP contribution in [0.3, 0.4) is 0 Å². The van der Waals surface area contributed by atoms with Crippen molar-refractivity contribution in [1.29, 1.82) is 0 Å². The van der Waals surface area contributed by atoms with Gasteiger partial charge in [0.2, 0.25) is 5.71 Å². The summed E-state index contributed by atoms with van der Waals surface area (Å²) in [4.78, 5) is 30.9. The first-order valence-electron chi connectivity index (χ1n) is 6.83. The molecule has 6 nitrogen and oxygen atoms in total. The maximum atomic E-state index is 12.6. The Kier molecular flexibility index (Phi) is 3.29. The van der Waals surface area contributed by atoms with Crippen LogP contribution in [0.5, 0.6) is 0 Å². The lowest BCUT2D eigenvalue weighted by atomic mass is 10.1. The van der Waals surface area contributed by atoms with Crippen molar-refractivity contribution in [3.05, 3.63) is 57.3 Å². The minimum atomic E-state index is -0.395. The van der Waals surface area contributed by atoms with Crippen LogP contribution in [0.2, 0.25) is 0 Å². The van der Waals surface area contributed by atoms with Gasteiger partial charge in [0.25, 0.3) is 11.5 Å². The molecule has 0 atom stereocenters. The minimum Gasteiger partial charge on any atom is -0.442 e. The van der Waals surface area contributed by atoms with Gasteiger partial charge >= 0.3 is 0 Å². The Morgan fingerprint density at radius 1 is 1.27 bits per heavy atom. The van der Waals surface area contributed by atoms with Gasteiger partial charge in [0.05, 0.1) is 11.9 Å². The maximum Gasteiger partial charge on any atom is 0.262 e. The highest BCUT2D eigenvalue weighted by Crippen LogP contribution is 2.23. The Bertz CT molecular complexity index is 937. The van der Waals surface area contributed by atoms with Crippen LogP contribution >= 0.6 is 0 Å². The van der Waals surface area contributed by atoms with Gasteiger partial charge in [-0.1, -0.05) is 12.1 Å². The number of H-pyrrole nitrogens is 1. The average Bonchev–Trinajstić information content (AvgIpc) is 2.81. The lowest BCUT2D eigenvalue weighted by molar-refractivity contribution is 0.102. The van der Waals surface area contributed by atoms with Gasteiger partial charge in [-0.05, 0) is 38.0 Å². The van der Waals surface area contributed by atoms with Crippen LogP contribution < -0.4 is 10.9 Å². The number of amides is 1. The summed E-state index contributed by atoms with van der Waals surface area (Å²) in [5, 5.41) is 3.00. The maximum absolute atomic E-state index is 12.6. The smallest absolute Gasteiger partial charge is 0.262 e. The average molecular weight is 297 g/mol. The van der Waals surface area contributed by atoms with Crippen molar-refractivity contribution >= 4 is 22.7 Å². The predicted molar refractivity (Wildman–Crippen MR) is 83.2 cm³/mol. The number of aromatic amines is 1. The second-order valence-electron chi connectivity index (χ2n) is 5.15. The second-order valence-corrected chi connectivity index (χ2v) is 5.15. The molecule has 0 saturated heterocycles. The van der Waals surface area contributed by atoms with Gasteiger partial charge in [-0.25, -0.2) is 4.98 Å². The van der Waals surface area contributed by atoms with Gasteiger partial charge in [0, 0.05) is 5.69 Å². The summed E-state index contributed by atoms with van der Waals surface area (Å²) in [6.45, 7) is 5.54. The Hall–Kier alpha value is -2.89. The summed E-state index contributed by atoms with van der Waals surface area (Å²) in [5.41, 5.74) is 2.74. The number of carbonyl (C=O) groups excluding carboxylic acids is 1. The standard InChI is InChI=1S/C16H15N3O3/c1-8-5-4-6-11(9(8)2)19-15(21)12-10(3)22-16-13(12)14(20)17-7-18-16/h4-7H,1-3H3,(H,19,21)(H,17,18,20). The molecule has 0 aliphatic carbocycles. The number of hydrogen-bond donors (Lipinski definition) is 2. The summed E-state index contributed by atoms with van der Waals surface area (Å²) in [6, 6.07) is 5.66. The number of fused-ring (bicyclic) bond motifs is 1. The van der Waals surface area contributed by atoms with Gasteiger partial charge in [0.15, 0.2) is 0 Å². The number of furan rings is 1. The molecule has 1 aromatic carbocycles. The zero-order chi connectivity index (χ0) is 15.9. The van der Waals surface area contributed by atoms with Crippen molar-refractivity contribution < 1.29 is 9.21 Å². The van der Waals surface area contributed by atoms with E-state index in [4.69, 9.17) is 4.42 Å². The van der Waals surface area contributed by atoms with Gasteiger partial charge in [-0.3, -0.25) is 9.59 Å². The monoisotopic (exact) mass is 297 g/mol. The molecule has 22 heavy (non-hydrogen) atoms. The number of aryl methyl sites for hydroxylation is 2. The number of nitrogens with one attached hydrogen (secondary N) is 2. The van der Waals surface area contributed by atoms with Crippen molar-refractivity contribution in [3.63, 3.8) is 0 Å². The third-order valence-corrected chi connectivity index (χ3v) is 3.75. The van der Waals surface area contributed by atoms with Crippen LogP contribution in [0.4, 0.5) is 5.69 Å². The van der Waals surface area contributed by atoms with E-state index in [1.165, 1.54) is 6.33 Å². The van der Waals surface area contributed by atoms with Crippen molar-refractivity contribution in [1.82, 2.24) is 9.97 Å². The molecule has 0 spiro atoms. The molecule has 0 bridgehead atoms. The molecule has 2 N–H and O–H groups in total. The van der Waals surface area contributed by atoms with Crippen LogP contribution in [-0.2, 0) is 0 Å². The summed E-state index contributed by atoms with van der Waals surface area (Å²) >= 11 is 0. The van der Waals surface area contributed by atoms with E-state index < -0.39 is 5.56 Å². The molecule has 0 fully saturated rings. The number of anilines is 1. The first-order chi connectivity index (χ1) is 10.5. The topological polar surface area (TPSA) is 88.0 Å². The number of carbonyl (C=O) groups is 1. The molecule has 2 aromatic heterocycles. The molecule has 0 unspecified atom stereocenters. The molecule has 3 rings (SSSR count). The molecule has 3 aromatic rings. The van der Waals surface area contributed by atoms with E-state index in [9.17, 15) is 9.59 Å². The quantitative estimate of drug-likeness (QED) is 0.761. The number of benzene rings is 1. The second kappa shape index (κ2) is 5.14. The number of hydrogen-bond acceptors (Lipinski definition) is 4. The van der Waals surface area contributed by atoms with E-state index in [1.807, 2.05) is 32.0 Å². The van der Waals surface area contributed by atoms with Crippen molar-refractivity contribution in [3.8, 4) is 0 Å². The van der Waals surface area contributed by atoms with Gasteiger partial charge in [-0.15, -0.1) is 0 Å². The molecule has 1 amide bonds. The molecule has 6 heteroatoms. The minimum absolute atomic E-state index is 0.160. The highest BCUT2D eigenvalue weighted by atomic mass is 16.3. The Morgan fingerprint density at radius 3 is 2.82 bits per heavy atom. The first-order valence-corrected chi connectivity index (χ1v) is 6.83. The van der Waals surface area contributed by atoms with E-state index in [2.05, 4.69) is 15.3 Å². The van der Waals surface area contributed by atoms with E-state index in [1.54, 1.807) is 6.92 Å². The molecular weight excluding hydrogens is 282 g/mol. The van der Waals surface area contributed by atoms with E-state index in [0.717, 1.165) is 11.1 Å². The molecule has 2 heterocycles. The highest BCUT2D eigenvalue weighted by molar-refractivity contribution is 6.12. The number of nitrogens with zero attached hydrogens (tertiary/aromatic N) is 1. The lowest BCUT2D eigenvalue weighted by Crippen LogP contribution is -2.17. The normalized spacial score (nSPS) is 10.9. The van der Waals surface area contributed by atoms with Crippen LogP contribution in [0.15, 0.2) is 33.7 Å². The van der Waals surface area contributed by atoms with Gasteiger partial charge in [0.1, 0.15) is 11.1 Å². The third kappa shape index (κ3) is 2.18. The van der Waals surface area contributed by atoms with Gasteiger partial charge < -0.3 is 14.7 Å². The fraction of sp³-hybridized carbons (Fsp3) is 0.188. The fourth-order valence-electron chi connectivity index (χ4n) is 2.40. The van der Waals surface area contributed by atoms with E-state index >= 15 is 0 Å².